The Labute approximate surface area is 386 Å². The number of nitro groups is 1. The second-order valence-electron chi connectivity index (χ2n) is 14.8. The first-order valence-corrected chi connectivity index (χ1v) is 21.4. The summed E-state index contributed by atoms with van der Waals surface area (Å²) in [5.41, 5.74) is 5.89. The molecule has 0 fully saturated rings. The van der Waals surface area contributed by atoms with Gasteiger partial charge in [-0.3, -0.25) is 43.8 Å². The number of hydrogen-bond donors (Lipinski definition) is 6. The van der Waals surface area contributed by atoms with E-state index in [4.69, 9.17) is 34.2 Å². The van der Waals surface area contributed by atoms with Crippen LogP contribution in [0, 0.1) is 16.0 Å². The molecule has 2 aromatic rings. The number of primary amides is 1. The van der Waals surface area contributed by atoms with E-state index in [0.29, 0.717) is 37.7 Å². The zero-order valence-corrected chi connectivity index (χ0v) is 37.3. The summed E-state index contributed by atoms with van der Waals surface area (Å²) in [6, 6.07) is 8.32. The lowest BCUT2D eigenvalue weighted by molar-refractivity contribution is -0.384. The Morgan fingerprint density at radius 3 is 1.90 bits per heavy atom. The summed E-state index contributed by atoms with van der Waals surface area (Å²) in [6.45, 7) is 5.66. The predicted molar refractivity (Wildman–Crippen MR) is 236 cm³/mol. The van der Waals surface area contributed by atoms with Crippen molar-refractivity contribution in [1.29, 1.82) is 0 Å². The average molecular weight is 943 g/mol. The maximum absolute atomic E-state index is 13.5. The number of benzene rings is 2. The van der Waals surface area contributed by atoms with Crippen LogP contribution in [0.5, 0.6) is 5.75 Å². The molecule has 0 spiro atoms. The fourth-order valence-corrected chi connectivity index (χ4v) is 5.79. The molecule has 1 aliphatic rings. The van der Waals surface area contributed by atoms with Crippen LogP contribution in [0.15, 0.2) is 60.7 Å². The number of nitro benzene ring substituents is 1. The highest BCUT2D eigenvalue weighted by Gasteiger charge is 2.29. The Balaban J connectivity index is 1.30. The molecule has 24 heteroatoms. The van der Waals surface area contributed by atoms with Crippen LogP contribution < -0.4 is 37.1 Å². The van der Waals surface area contributed by atoms with Crippen LogP contribution in [0.1, 0.15) is 45.1 Å². The van der Waals surface area contributed by atoms with Gasteiger partial charge in [0.25, 0.3) is 17.5 Å². The summed E-state index contributed by atoms with van der Waals surface area (Å²) in [6.07, 6.45) is 1.62. The van der Waals surface area contributed by atoms with Crippen molar-refractivity contribution in [2.75, 3.05) is 77.8 Å². The van der Waals surface area contributed by atoms with E-state index in [1.165, 1.54) is 24.3 Å². The lowest BCUT2D eigenvalue weighted by Crippen LogP contribution is -2.54. The summed E-state index contributed by atoms with van der Waals surface area (Å²) in [5.74, 6) is -3.11. The summed E-state index contributed by atoms with van der Waals surface area (Å²) in [4.78, 5) is 109. The van der Waals surface area contributed by atoms with E-state index in [0.717, 1.165) is 17.1 Å². The highest BCUT2D eigenvalue weighted by molar-refractivity contribution is 6.13. The summed E-state index contributed by atoms with van der Waals surface area (Å²) >= 11 is 0. The SMILES string of the molecule is CC(C)[C@H](NC(=O)CCOCCOCCOCCOCCNC(=O)CCN1C(=O)C=CC1=O)C(=O)N[C@@H](CCCNC(N)=O)C(=O)Nc1ccc(COC(=O)Oc2ccc([N+](=O)[O-])cc2)cc1. The maximum Gasteiger partial charge on any atom is 0.514 e. The molecule has 1 heterocycles. The van der Waals surface area contributed by atoms with Crippen LogP contribution in [0.3, 0.4) is 0 Å². The molecule has 0 unspecified atom stereocenters. The van der Waals surface area contributed by atoms with E-state index in [9.17, 15) is 48.5 Å². The Bertz CT molecular complexity index is 1980. The van der Waals surface area contributed by atoms with Crippen LogP contribution >= 0.6 is 0 Å². The van der Waals surface area contributed by atoms with E-state index in [-0.39, 0.29) is 102 Å². The quantitative estimate of drug-likeness (QED) is 0.0150. The molecule has 1 aliphatic heterocycles. The third kappa shape index (κ3) is 22.1. The monoisotopic (exact) mass is 942 g/mol. The average Bonchev–Trinajstić information content (AvgIpc) is 3.62. The Morgan fingerprint density at radius 2 is 1.31 bits per heavy atom. The second-order valence-corrected chi connectivity index (χ2v) is 14.8. The van der Waals surface area contributed by atoms with Crippen LogP contribution in [0.25, 0.3) is 0 Å². The van der Waals surface area contributed by atoms with Crippen molar-refractivity contribution in [2.45, 2.75) is 58.2 Å². The molecule has 0 saturated carbocycles. The third-order valence-electron chi connectivity index (χ3n) is 9.32. The highest BCUT2D eigenvalue weighted by atomic mass is 16.7. The lowest BCUT2D eigenvalue weighted by Gasteiger charge is -2.25. The molecule has 0 bridgehead atoms. The Morgan fingerprint density at radius 1 is 0.716 bits per heavy atom. The van der Waals surface area contributed by atoms with Gasteiger partial charge < -0.3 is 60.7 Å². The number of carbonyl (C=O) groups excluding carboxylic acids is 8. The molecule has 2 aromatic carbocycles. The molecule has 3 rings (SSSR count). The number of anilines is 1. The molecule has 366 valence electrons. The Hall–Kier alpha value is -7.02. The largest absolute Gasteiger partial charge is 0.514 e. The number of amides is 8. The lowest BCUT2D eigenvalue weighted by atomic mass is 10.0. The van der Waals surface area contributed by atoms with Crippen molar-refractivity contribution in [2.24, 2.45) is 11.7 Å². The highest BCUT2D eigenvalue weighted by Crippen LogP contribution is 2.18. The number of nitrogens with one attached hydrogen (secondary N) is 5. The third-order valence-corrected chi connectivity index (χ3v) is 9.32. The molecular weight excluding hydrogens is 885 g/mol. The first kappa shape index (κ1) is 54.3. The van der Waals surface area contributed by atoms with Gasteiger partial charge in [0.15, 0.2) is 0 Å². The van der Waals surface area contributed by atoms with E-state index in [1.54, 1.807) is 38.1 Å². The number of imide groups is 1. The fourth-order valence-electron chi connectivity index (χ4n) is 5.79. The van der Waals surface area contributed by atoms with Crippen LogP contribution in [-0.2, 0) is 59.1 Å². The van der Waals surface area contributed by atoms with Crippen molar-refractivity contribution in [1.82, 2.24) is 26.2 Å². The second kappa shape index (κ2) is 30.2. The number of ether oxygens (including phenoxy) is 6. The molecule has 7 N–H and O–H groups in total. The van der Waals surface area contributed by atoms with Gasteiger partial charge in [-0.15, -0.1) is 0 Å². The van der Waals surface area contributed by atoms with Crippen LogP contribution in [-0.4, -0.2) is 142 Å². The van der Waals surface area contributed by atoms with E-state index in [2.05, 4.69) is 26.6 Å². The van der Waals surface area contributed by atoms with Crippen LogP contribution in [0.4, 0.5) is 21.0 Å². The number of nitrogens with zero attached hydrogens (tertiary/aromatic N) is 2. The first-order valence-electron chi connectivity index (χ1n) is 21.4. The first-order chi connectivity index (χ1) is 32.1. The van der Waals surface area contributed by atoms with Crippen molar-refractivity contribution in [3.8, 4) is 5.75 Å². The Kier molecular flexibility index (Phi) is 24.5. The molecule has 8 amide bonds. The van der Waals surface area contributed by atoms with Crippen molar-refractivity contribution in [3.63, 3.8) is 0 Å². The van der Waals surface area contributed by atoms with Gasteiger partial charge >= 0.3 is 12.2 Å². The van der Waals surface area contributed by atoms with Gasteiger partial charge in [0.05, 0.1) is 57.8 Å². The van der Waals surface area contributed by atoms with Gasteiger partial charge in [-0.25, -0.2) is 9.59 Å². The smallest absolute Gasteiger partial charge is 0.429 e. The molecule has 24 nitrogen and oxygen atoms in total. The normalized spacial score (nSPS) is 12.9. The topological polar surface area (TPSA) is 324 Å². The van der Waals surface area contributed by atoms with Gasteiger partial charge in [0.2, 0.25) is 23.6 Å². The molecule has 0 aliphatic carbocycles. The molecule has 0 saturated heterocycles. The number of hydrogen-bond acceptors (Lipinski definition) is 16. The predicted octanol–water partition coefficient (Wildman–Crippen LogP) is 1.21. The minimum atomic E-state index is -1.08. The fraction of sp³-hybridized carbons (Fsp3) is 0.488. The van der Waals surface area contributed by atoms with Crippen molar-refractivity contribution in [3.05, 3.63) is 76.4 Å². The molecule has 2 atom stereocenters. The number of non-ortho nitro benzene ring substituents is 1. The van der Waals surface area contributed by atoms with E-state index in [1.807, 2.05) is 0 Å². The van der Waals surface area contributed by atoms with Crippen molar-refractivity contribution >= 4 is 59.0 Å². The summed E-state index contributed by atoms with van der Waals surface area (Å²) in [5, 5.41) is 24.0. The zero-order chi connectivity index (χ0) is 49.0. The standard InChI is InChI=1S/C43H58N8O16/c1-29(2)39(49-36(53)16-20-62-22-24-64-26-27-65-25-23-63-21-18-45-35(52)15-19-50-37(54)13-14-38(50)55)41(57)48-34(4-3-17-46-42(44)58)40(56)47-31-7-5-30(6-8-31)28-66-43(59)67-33-11-9-32(10-12-33)51(60)61/h5-14,29,34,39H,3-4,15-28H2,1-2H3,(H,45,52)(H,47,56)(H,48,57)(H,49,53)(H3,44,46,58)/t34-,39-/m0/s1. The minimum absolute atomic E-state index is 0.0000279. The van der Waals surface area contributed by atoms with Gasteiger partial charge in [0.1, 0.15) is 24.4 Å². The molecule has 0 aromatic heterocycles. The number of nitrogens with two attached hydrogens (primary N) is 1. The van der Waals surface area contributed by atoms with Gasteiger partial charge in [-0.2, -0.15) is 0 Å². The van der Waals surface area contributed by atoms with Gasteiger partial charge in [-0.05, 0) is 48.6 Å². The number of urea groups is 1. The van der Waals surface area contributed by atoms with E-state index < -0.39 is 58.7 Å². The zero-order valence-electron chi connectivity index (χ0n) is 37.3. The summed E-state index contributed by atoms with van der Waals surface area (Å²) < 4.78 is 31.9. The van der Waals surface area contributed by atoms with Crippen molar-refractivity contribution < 1.29 is 71.7 Å². The molecular formula is C43H58N8O16. The minimum Gasteiger partial charge on any atom is -0.429 e. The summed E-state index contributed by atoms with van der Waals surface area (Å²) in [7, 11) is 0. The van der Waals surface area contributed by atoms with Crippen LogP contribution in [0.2, 0.25) is 0 Å². The number of rotatable bonds is 32. The van der Waals surface area contributed by atoms with Gasteiger partial charge in [-0.1, -0.05) is 26.0 Å². The molecule has 67 heavy (non-hydrogen) atoms. The number of carbonyl (C=O) groups is 8. The van der Waals surface area contributed by atoms with E-state index >= 15 is 0 Å². The molecule has 0 radical (unpaired) electrons. The maximum atomic E-state index is 13.5. The van der Waals surface area contributed by atoms with Gasteiger partial charge in [0, 0.05) is 62.4 Å².